The first kappa shape index (κ1) is 27.3. The molecule has 4 rings (SSSR count). The molecule has 3 aromatic carbocycles. The molecule has 0 aliphatic carbocycles. The normalized spacial score (nSPS) is 16.0. The molecule has 0 aromatic heterocycles. The lowest BCUT2D eigenvalue weighted by atomic mass is 9.72. The number of benzene rings is 3. The largest absolute Gasteiger partial charge is 0.355 e. The Kier molecular flexibility index (Phi) is 8.48. The van der Waals surface area contributed by atoms with Gasteiger partial charge in [0.2, 0.25) is 5.91 Å². The van der Waals surface area contributed by atoms with E-state index in [0.29, 0.717) is 31.9 Å². The van der Waals surface area contributed by atoms with E-state index in [2.05, 4.69) is 16.3 Å². The van der Waals surface area contributed by atoms with Crippen molar-refractivity contribution in [3.05, 3.63) is 106 Å². The Morgan fingerprint density at radius 3 is 2.39 bits per heavy atom. The van der Waals surface area contributed by atoms with Crippen molar-refractivity contribution in [2.45, 2.75) is 37.5 Å². The molecule has 0 radical (unpaired) electrons. The smallest absolute Gasteiger partial charge is 0.232 e. The van der Waals surface area contributed by atoms with Gasteiger partial charge < -0.3 is 10.2 Å². The van der Waals surface area contributed by atoms with Crippen molar-refractivity contribution in [1.29, 1.82) is 5.26 Å². The lowest BCUT2D eigenvalue weighted by Gasteiger charge is -2.38. The molecule has 1 atom stereocenters. The summed E-state index contributed by atoms with van der Waals surface area (Å²) in [7, 11) is 0. The van der Waals surface area contributed by atoms with Crippen LogP contribution < -0.4 is 5.32 Å². The molecule has 1 heterocycles. The number of hydrogen-bond donors (Lipinski definition) is 1. The molecule has 4 nitrogen and oxygen atoms in total. The highest BCUT2D eigenvalue weighted by atomic mass is 19.2. The van der Waals surface area contributed by atoms with E-state index >= 15 is 0 Å². The lowest BCUT2D eigenvalue weighted by Crippen LogP contribution is -2.43. The molecule has 3 aromatic rings. The predicted octanol–water partition coefficient (Wildman–Crippen LogP) is 5.75. The number of nitrogens with one attached hydrogen (secondary N) is 1. The Morgan fingerprint density at radius 1 is 1.00 bits per heavy atom. The molecule has 8 heteroatoms. The molecular weight excluding hydrogens is 494 g/mol. The maximum Gasteiger partial charge on any atom is 0.232 e. The molecule has 1 saturated heterocycles. The maximum atomic E-state index is 14.6. The van der Waals surface area contributed by atoms with Crippen LogP contribution >= 0.6 is 0 Å². The van der Waals surface area contributed by atoms with Crippen LogP contribution in [0.4, 0.5) is 17.6 Å². The molecule has 1 aliphatic heterocycles. The number of carbonyl (C=O) groups excluding carboxylic acids is 1. The van der Waals surface area contributed by atoms with Crippen molar-refractivity contribution in [3.8, 4) is 6.07 Å². The number of hydrogen-bond acceptors (Lipinski definition) is 3. The summed E-state index contributed by atoms with van der Waals surface area (Å²) in [5.74, 6) is -5.86. The van der Waals surface area contributed by atoms with E-state index < -0.39 is 40.5 Å². The van der Waals surface area contributed by atoms with Crippen LogP contribution in [-0.4, -0.2) is 37.0 Å². The van der Waals surface area contributed by atoms with Gasteiger partial charge in [0, 0.05) is 18.2 Å². The van der Waals surface area contributed by atoms with Crippen molar-refractivity contribution in [2.24, 2.45) is 0 Å². The van der Waals surface area contributed by atoms with E-state index in [-0.39, 0.29) is 17.7 Å². The fourth-order valence-corrected chi connectivity index (χ4v) is 5.23. The quantitative estimate of drug-likeness (QED) is 0.302. The van der Waals surface area contributed by atoms with Gasteiger partial charge in [-0.1, -0.05) is 36.4 Å². The summed E-state index contributed by atoms with van der Waals surface area (Å²) in [5.41, 5.74) is 1.61. The Hall–Kier alpha value is -3.70. The minimum atomic E-state index is -1.27. The lowest BCUT2D eigenvalue weighted by molar-refractivity contribution is -0.121. The molecular formula is C30H29F4N3O. The summed E-state index contributed by atoms with van der Waals surface area (Å²) in [5, 5.41) is 12.7. The summed E-state index contributed by atoms with van der Waals surface area (Å²) >= 11 is 0. The average Bonchev–Trinajstić information content (AvgIpc) is 2.91. The molecule has 1 unspecified atom stereocenters. The van der Waals surface area contributed by atoms with E-state index in [1.165, 1.54) is 6.07 Å². The fraction of sp³-hybridized carbons (Fsp3) is 0.333. The molecule has 0 saturated carbocycles. The SMILES string of the molecule is Cc1ccccc1C1(C#N)CCN(CCCNC(=O)C(c2ccc(F)c(F)c2)c2ccc(F)cc2F)CC1. The first-order chi connectivity index (χ1) is 18.2. The van der Waals surface area contributed by atoms with Crippen LogP contribution in [0, 0.1) is 41.5 Å². The number of carbonyl (C=O) groups is 1. The van der Waals surface area contributed by atoms with Gasteiger partial charge in [0.25, 0.3) is 0 Å². The van der Waals surface area contributed by atoms with Crippen molar-refractivity contribution >= 4 is 5.91 Å². The van der Waals surface area contributed by atoms with Crippen LogP contribution in [0.15, 0.2) is 60.7 Å². The van der Waals surface area contributed by atoms with Crippen molar-refractivity contribution in [2.75, 3.05) is 26.2 Å². The molecule has 1 amide bonds. The Labute approximate surface area is 219 Å². The predicted molar refractivity (Wildman–Crippen MR) is 136 cm³/mol. The van der Waals surface area contributed by atoms with Crippen molar-refractivity contribution in [1.82, 2.24) is 10.2 Å². The number of halogens is 4. The summed E-state index contributed by atoms with van der Waals surface area (Å²) in [6.07, 6.45) is 2.03. The van der Waals surface area contributed by atoms with Gasteiger partial charge >= 0.3 is 0 Å². The number of rotatable bonds is 8. The topological polar surface area (TPSA) is 56.1 Å². The van der Waals surface area contributed by atoms with E-state index in [4.69, 9.17) is 0 Å². The third-order valence-electron chi connectivity index (χ3n) is 7.35. The summed E-state index contributed by atoms with van der Waals surface area (Å²) in [4.78, 5) is 15.3. The second-order valence-corrected chi connectivity index (χ2v) is 9.77. The highest BCUT2D eigenvalue weighted by Gasteiger charge is 2.37. The van der Waals surface area contributed by atoms with Gasteiger partial charge in [-0.05, 0) is 80.7 Å². The van der Waals surface area contributed by atoms with Gasteiger partial charge in [-0.2, -0.15) is 5.26 Å². The first-order valence-corrected chi connectivity index (χ1v) is 12.6. The molecule has 198 valence electrons. The highest BCUT2D eigenvalue weighted by molar-refractivity contribution is 5.87. The third kappa shape index (κ3) is 5.89. The van der Waals surface area contributed by atoms with Crippen molar-refractivity contribution < 1.29 is 22.4 Å². The summed E-state index contributed by atoms with van der Waals surface area (Å²) < 4.78 is 55.5. The van der Waals surface area contributed by atoms with E-state index in [1.807, 2.05) is 31.2 Å². The molecule has 38 heavy (non-hydrogen) atoms. The van der Waals surface area contributed by atoms with E-state index in [0.717, 1.165) is 48.5 Å². The molecule has 0 spiro atoms. The van der Waals surface area contributed by atoms with Crippen LogP contribution in [0.1, 0.15) is 47.4 Å². The summed E-state index contributed by atoms with van der Waals surface area (Å²) in [6.45, 7) is 4.48. The van der Waals surface area contributed by atoms with Crippen molar-refractivity contribution in [3.63, 3.8) is 0 Å². The first-order valence-electron chi connectivity index (χ1n) is 12.6. The van der Waals surface area contributed by atoms with E-state index in [1.54, 1.807) is 0 Å². The second-order valence-electron chi connectivity index (χ2n) is 9.77. The standard InChI is InChI=1S/C30H29F4N3O/c1-20-5-2-3-6-24(20)30(19-35)11-15-37(16-12-30)14-4-13-36-29(38)28(21-7-10-25(32)27(34)17-21)23-9-8-22(31)18-26(23)33/h2-3,5-10,17-18,28H,4,11-16H2,1H3,(H,36,38). The van der Waals surface area contributed by atoms with Gasteiger partial charge in [-0.15, -0.1) is 0 Å². The van der Waals surface area contributed by atoms with Crippen LogP contribution in [0.2, 0.25) is 0 Å². The minimum absolute atomic E-state index is 0.0620. The Morgan fingerprint density at radius 2 is 1.74 bits per heavy atom. The number of aryl methyl sites for hydroxylation is 1. The highest BCUT2D eigenvalue weighted by Crippen LogP contribution is 2.36. The third-order valence-corrected chi connectivity index (χ3v) is 7.35. The molecule has 0 bridgehead atoms. The maximum absolute atomic E-state index is 14.6. The number of nitriles is 1. The van der Waals surface area contributed by atoms with E-state index in [9.17, 15) is 27.6 Å². The molecule has 1 N–H and O–H groups in total. The molecule has 1 aliphatic rings. The van der Waals surface area contributed by atoms with Gasteiger partial charge in [0.1, 0.15) is 11.6 Å². The van der Waals surface area contributed by atoms with Gasteiger partial charge in [-0.3, -0.25) is 4.79 Å². The zero-order chi connectivity index (χ0) is 27.3. The Bertz CT molecular complexity index is 1350. The minimum Gasteiger partial charge on any atom is -0.355 e. The number of nitrogens with zero attached hydrogens (tertiary/aromatic N) is 2. The number of piperidine rings is 1. The van der Waals surface area contributed by atoms with Gasteiger partial charge in [-0.25, -0.2) is 17.6 Å². The van der Waals surface area contributed by atoms with Crippen LogP contribution in [0.3, 0.4) is 0 Å². The zero-order valence-corrected chi connectivity index (χ0v) is 21.1. The zero-order valence-electron chi connectivity index (χ0n) is 21.1. The second kappa shape index (κ2) is 11.8. The molecule has 1 fully saturated rings. The Balaban J connectivity index is 1.37. The summed E-state index contributed by atoms with van der Waals surface area (Å²) in [6, 6.07) is 16.3. The average molecular weight is 524 g/mol. The van der Waals surface area contributed by atoms with Crippen LogP contribution in [-0.2, 0) is 10.2 Å². The number of likely N-dealkylation sites (tertiary alicyclic amines) is 1. The van der Waals surface area contributed by atoms with Crippen LogP contribution in [0.25, 0.3) is 0 Å². The van der Waals surface area contributed by atoms with Crippen LogP contribution in [0.5, 0.6) is 0 Å². The number of amides is 1. The monoisotopic (exact) mass is 523 g/mol. The van der Waals surface area contributed by atoms with Gasteiger partial charge in [0.15, 0.2) is 11.6 Å². The fourth-order valence-electron chi connectivity index (χ4n) is 5.23. The van der Waals surface area contributed by atoms with Gasteiger partial charge in [0.05, 0.1) is 17.4 Å².